The van der Waals surface area contributed by atoms with Gasteiger partial charge in [0.15, 0.2) is 0 Å². The fourth-order valence-electron chi connectivity index (χ4n) is 3.46. The standard InChI is InChI=1S/C23H28N4O3/c1-17-9-11-19(12-10-17)15-26(3)16-20(28)25-27-21(29)23(2,24-22(27)30)14-13-18-7-5-4-6-8-18/h4-12H,13-16H2,1-3H3,(H,24,30)(H,25,28)/t23-/m1/s1. The number of imide groups is 1. The number of carbonyl (C=O) groups excluding carboxylic acids is 3. The first-order valence-electron chi connectivity index (χ1n) is 10.0. The van der Waals surface area contributed by atoms with Crippen LogP contribution in [0.2, 0.25) is 0 Å². The Bertz CT molecular complexity index is 914. The monoisotopic (exact) mass is 408 g/mol. The summed E-state index contributed by atoms with van der Waals surface area (Å²) in [6.45, 7) is 4.35. The molecule has 1 heterocycles. The van der Waals surface area contributed by atoms with Crippen LogP contribution in [0.5, 0.6) is 0 Å². The SMILES string of the molecule is Cc1ccc(CN(C)CC(=O)NN2C(=O)N[C@](C)(CCc3ccccc3)C2=O)cc1. The zero-order valence-corrected chi connectivity index (χ0v) is 17.6. The largest absolute Gasteiger partial charge is 0.344 e. The maximum absolute atomic E-state index is 12.8. The molecule has 7 heteroatoms. The van der Waals surface area contributed by atoms with Crippen molar-refractivity contribution in [2.24, 2.45) is 0 Å². The van der Waals surface area contributed by atoms with Crippen LogP contribution >= 0.6 is 0 Å². The maximum Gasteiger partial charge on any atom is 0.344 e. The summed E-state index contributed by atoms with van der Waals surface area (Å²) < 4.78 is 0. The Morgan fingerprint density at radius 1 is 1.07 bits per heavy atom. The highest BCUT2D eigenvalue weighted by atomic mass is 16.2. The number of hydrogen-bond acceptors (Lipinski definition) is 4. The van der Waals surface area contributed by atoms with Crippen molar-refractivity contribution in [3.8, 4) is 0 Å². The molecule has 30 heavy (non-hydrogen) atoms. The van der Waals surface area contributed by atoms with Gasteiger partial charge in [0, 0.05) is 6.54 Å². The Kier molecular flexibility index (Phi) is 6.52. The van der Waals surface area contributed by atoms with Gasteiger partial charge in [0.25, 0.3) is 11.8 Å². The quantitative estimate of drug-likeness (QED) is 0.657. The lowest BCUT2D eigenvalue weighted by Crippen LogP contribution is -2.51. The van der Waals surface area contributed by atoms with E-state index in [4.69, 9.17) is 0 Å². The molecule has 2 aromatic rings. The van der Waals surface area contributed by atoms with Crippen LogP contribution in [0.25, 0.3) is 0 Å². The molecule has 0 aliphatic carbocycles. The molecule has 3 rings (SSSR count). The number of nitrogens with zero attached hydrogens (tertiary/aromatic N) is 2. The Morgan fingerprint density at radius 3 is 2.40 bits per heavy atom. The van der Waals surface area contributed by atoms with E-state index in [0.717, 1.165) is 16.1 Å². The third-order valence-electron chi connectivity index (χ3n) is 5.24. The normalized spacial score (nSPS) is 18.6. The number of nitrogens with one attached hydrogen (secondary N) is 2. The summed E-state index contributed by atoms with van der Waals surface area (Å²) in [4.78, 5) is 39.4. The second-order valence-corrected chi connectivity index (χ2v) is 8.08. The summed E-state index contributed by atoms with van der Waals surface area (Å²) in [7, 11) is 1.81. The summed E-state index contributed by atoms with van der Waals surface area (Å²) in [5.41, 5.74) is 4.74. The molecule has 158 valence electrons. The number of hydrazine groups is 1. The summed E-state index contributed by atoms with van der Waals surface area (Å²) >= 11 is 0. The second kappa shape index (κ2) is 9.09. The zero-order valence-electron chi connectivity index (χ0n) is 17.6. The third kappa shape index (κ3) is 5.24. The molecule has 2 aromatic carbocycles. The Morgan fingerprint density at radius 2 is 1.73 bits per heavy atom. The highest BCUT2D eigenvalue weighted by Gasteiger charge is 2.48. The van der Waals surface area contributed by atoms with Crippen molar-refractivity contribution in [1.29, 1.82) is 0 Å². The van der Waals surface area contributed by atoms with E-state index in [-0.39, 0.29) is 6.54 Å². The molecule has 4 amide bonds. The van der Waals surface area contributed by atoms with Gasteiger partial charge in [0.05, 0.1) is 6.54 Å². The van der Waals surface area contributed by atoms with Crippen LogP contribution in [0.1, 0.15) is 30.0 Å². The highest BCUT2D eigenvalue weighted by Crippen LogP contribution is 2.22. The predicted molar refractivity (Wildman–Crippen MR) is 114 cm³/mol. The van der Waals surface area contributed by atoms with E-state index >= 15 is 0 Å². The molecule has 2 N–H and O–H groups in total. The first-order chi connectivity index (χ1) is 14.3. The first kappa shape index (κ1) is 21.5. The van der Waals surface area contributed by atoms with Gasteiger partial charge < -0.3 is 5.32 Å². The van der Waals surface area contributed by atoms with Gasteiger partial charge in [-0.25, -0.2) is 4.79 Å². The molecule has 0 bridgehead atoms. The fourth-order valence-corrected chi connectivity index (χ4v) is 3.46. The number of hydrogen-bond donors (Lipinski definition) is 2. The third-order valence-corrected chi connectivity index (χ3v) is 5.24. The Hall–Kier alpha value is -3.19. The minimum Gasteiger partial charge on any atom is -0.322 e. The van der Waals surface area contributed by atoms with Crippen molar-refractivity contribution < 1.29 is 14.4 Å². The number of rotatable bonds is 8. The van der Waals surface area contributed by atoms with Crippen molar-refractivity contribution in [1.82, 2.24) is 20.7 Å². The molecule has 1 atom stereocenters. The van der Waals surface area contributed by atoms with Gasteiger partial charge in [-0.05, 0) is 44.9 Å². The number of carbonyl (C=O) groups is 3. The van der Waals surface area contributed by atoms with E-state index in [1.807, 2.05) is 73.5 Å². The van der Waals surface area contributed by atoms with E-state index in [1.165, 1.54) is 5.56 Å². The van der Waals surface area contributed by atoms with E-state index < -0.39 is 23.4 Å². The summed E-state index contributed by atoms with van der Waals surface area (Å²) in [6, 6.07) is 17.2. The number of urea groups is 1. The van der Waals surface area contributed by atoms with Crippen molar-refractivity contribution in [2.75, 3.05) is 13.6 Å². The molecule has 0 radical (unpaired) electrons. The molecule has 1 fully saturated rings. The Labute approximate surface area is 177 Å². The van der Waals surface area contributed by atoms with Gasteiger partial charge in [0.2, 0.25) is 0 Å². The first-order valence-corrected chi connectivity index (χ1v) is 10.0. The number of aryl methyl sites for hydroxylation is 2. The van der Waals surface area contributed by atoms with Crippen LogP contribution in [0.4, 0.5) is 4.79 Å². The lowest BCUT2D eigenvalue weighted by molar-refractivity contribution is -0.139. The average molecular weight is 409 g/mol. The van der Waals surface area contributed by atoms with Gasteiger partial charge in [-0.2, -0.15) is 5.01 Å². The number of likely N-dealkylation sites (N-methyl/N-ethyl adjacent to an activating group) is 1. The maximum atomic E-state index is 12.8. The average Bonchev–Trinajstić information content (AvgIpc) is 2.92. The van der Waals surface area contributed by atoms with Gasteiger partial charge in [-0.1, -0.05) is 60.2 Å². The zero-order chi connectivity index (χ0) is 21.7. The molecule has 0 unspecified atom stereocenters. The van der Waals surface area contributed by atoms with Gasteiger partial charge in [0.1, 0.15) is 5.54 Å². The van der Waals surface area contributed by atoms with Crippen LogP contribution in [-0.4, -0.2) is 46.9 Å². The predicted octanol–water partition coefficient (Wildman–Crippen LogP) is 2.40. The van der Waals surface area contributed by atoms with Crippen molar-refractivity contribution in [3.05, 3.63) is 71.3 Å². The number of amides is 4. The highest BCUT2D eigenvalue weighted by molar-refractivity contribution is 6.07. The summed E-state index contributed by atoms with van der Waals surface area (Å²) in [6.07, 6.45) is 1.09. The molecule has 1 saturated heterocycles. The van der Waals surface area contributed by atoms with E-state index in [0.29, 0.717) is 19.4 Å². The van der Waals surface area contributed by atoms with Crippen LogP contribution in [0, 0.1) is 6.92 Å². The lowest BCUT2D eigenvalue weighted by Gasteiger charge is -2.22. The summed E-state index contributed by atoms with van der Waals surface area (Å²) in [5, 5.41) is 3.51. The van der Waals surface area contributed by atoms with E-state index in [9.17, 15) is 14.4 Å². The molecule has 7 nitrogen and oxygen atoms in total. The molecular weight excluding hydrogens is 380 g/mol. The molecule has 1 aliphatic rings. The lowest BCUT2D eigenvalue weighted by atomic mass is 9.93. The topological polar surface area (TPSA) is 81.8 Å². The van der Waals surface area contributed by atoms with Crippen molar-refractivity contribution in [2.45, 2.75) is 38.8 Å². The van der Waals surface area contributed by atoms with Crippen molar-refractivity contribution >= 4 is 17.8 Å². The van der Waals surface area contributed by atoms with Gasteiger partial charge in [-0.15, -0.1) is 0 Å². The van der Waals surface area contributed by atoms with Crippen LogP contribution in [0.3, 0.4) is 0 Å². The smallest absolute Gasteiger partial charge is 0.322 e. The van der Waals surface area contributed by atoms with Crippen LogP contribution in [0.15, 0.2) is 54.6 Å². The molecule has 0 saturated carbocycles. The van der Waals surface area contributed by atoms with E-state index in [2.05, 4.69) is 10.7 Å². The minimum atomic E-state index is -1.05. The summed E-state index contributed by atoms with van der Waals surface area (Å²) in [5.74, 6) is -0.863. The van der Waals surface area contributed by atoms with Crippen LogP contribution in [-0.2, 0) is 22.6 Å². The molecule has 0 spiro atoms. The molecule has 0 aromatic heterocycles. The van der Waals surface area contributed by atoms with Gasteiger partial charge in [-0.3, -0.25) is 19.9 Å². The molecule has 1 aliphatic heterocycles. The number of benzene rings is 2. The van der Waals surface area contributed by atoms with Gasteiger partial charge >= 0.3 is 6.03 Å². The Balaban J connectivity index is 1.53. The van der Waals surface area contributed by atoms with Crippen LogP contribution < -0.4 is 10.7 Å². The minimum absolute atomic E-state index is 0.0612. The van der Waals surface area contributed by atoms with E-state index in [1.54, 1.807) is 6.92 Å². The van der Waals surface area contributed by atoms with Crippen molar-refractivity contribution in [3.63, 3.8) is 0 Å². The molecular formula is C23H28N4O3. The second-order valence-electron chi connectivity index (χ2n) is 8.08. The fraction of sp³-hybridized carbons (Fsp3) is 0.348.